The maximum atomic E-state index is 12.9. The van der Waals surface area contributed by atoms with Crippen molar-refractivity contribution in [3.8, 4) is 0 Å². The van der Waals surface area contributed by atoms with Crippen molar-refractivity contribution in [2.75, 3.05) is 31.5 Å². The summed E-state index contributed by atoms with van der Waals surface area (Å²) in [4.78, 5) is 27.4. The van der Waals surface area contributed by atoms with Gasteiger partial charge in [-0.05, 0) is 62.1 Å². The highest BCUT2D eigenvalue weighted by Gasteiger charge is 2.17. The first-order valence-electron chi connectivity index (χ1n) is 11.1. The molecule has 1 unspecified atom stereocenters. The molecule has 0 fully saturated rings. The second-order valence-electron chi connectivity index (χ2n) is 7.83. The van der Waals surface area contributed by atoms with Crippen LogP contribution >= 0.6 is 0 Å². The van der Waals surface area contributed by atoms with Crippen molar-refractivity contribution in [3.05, 3.63) is 65.2 Å². The van der Waals surface area contributed by atoms with Crippen LogP contribution in [0.2, 0.25) is 0 Å². The number of hydrogen-bond donors (Lipinski definition) is 3. The average molecular weight is 426 g/mol. The SMILES string of the molecule is CCCN(CCC)C(=O)c1cc(C)cc(C(=O)NCC(O)CCNc2ccccc2)c1. The van der Waals surface area contributed by atoms with E-state index in [1.807, 2.05) is 62.1 Å². The summed E-state index contributed by atoms with van der Waals surface area (Å²) >= 11 is 0. The molecular weight excluding hydrogens is 390 g/mol. The molecule has 6 nitrogen and oxygen atoms in total. The number of benzene rings is 2. The number of anilines is 1. The van der Waals surface area contributed by atoms with Crippen LogP contribution in [0.1, 0.15) is 59.4 Å². The van der Waals surface area contributed by atoms with Crippen LogP contribution in [-0.4, -0.2) is 54.1 Å². The van der Waals surface area contributed by atoms with Crippen LogP contribution in [0.3, 0.4) is 0 Å². The van der Waals surface area contributed by atoms with Gasteiger partial charge in [0.15, 0.2) is 0 Å². The summed E-state index contributed by atoms with van der Waals surface area (Å²) in [5.41, 5.74) is 2.82. The third kappa shape index (κ3) is 8.06. The van der Waals surface area contributed by atoms with Gasteiger partial charge in [-0.1, -0.05) is 32.0 Å². The first-order valence-corrected chi connectivity index (χ1v) is 11.1. The average Bonchev–Trinajstić information content (AvgIpc) is 2.77. The Kier molecular flexibility index (Phi) is 10.0. The van der Waals surface area contributed by atoms with Gasteiger partial charge in [-0.15, -0.1) is 0 Å². The van der Waals surface area contributed by atoms with Gasteiger partial charge in [0.25, 0.3) is 11.8 Å². The van der Waals surface area contributed by atoms with Crippen LogP contribution in [0, 0.1) is 6.92 Å². The third-order valence-electron chi connectivity index (χ3n) is 4.94. The van der Waals surface area contributed by atoms with Crippen molar-refractivity contribution in [3.63, 3.8) is 0 Å². The lowest BCUT2D eigenvalue weighted by Crippen LogP contribution is -2.34. The first-order chi connectivity index (χ1) is 14.9. The molecule has 1 atom stereocenters. The largest absolute Gasteiger partial charge is 0.391 e. The van der Waals surface area contributed by atoms with E-state index in [-0.39, 0.29) is 18.4 Å². The van der Waals surface area contributed by atoms with Crippen molar-refractivity contribution in [1.29, 1.82) is 0 Å². The number of aliphatic hydroxyl groups excluding tert-OH is 1. The van der Waals surface area contributed by atoms with Crippen molar-refractivity contribution in [2.45, 2.75) is 46.1 Å². The van der Waals surface area contributed by atoms with E-state index in [2.05, 4.69) is 10.6 Å². The quantitative estimate of drug-likeness (QED) is 0.482. The van der Waals surface area contributed by atoms with Crippen LogP contribution in [-0.2, 0) is 0 Å². The van der Waals surface area contributed by atoms with Gasteiger partial charge in [-0.3, -0.25) is 9.59 Å². The fraction of sp³-hybridized carbons (Fsp3) is 0.440. The van der Waals surface area contributed by atoms with Gasteiger partial charge < -0.3 is 20.6 Å². The van der Waals surface area contributed by atoms with Crippen LogP contribution in [0.15, 0.2) is 48.5 Å². The Balaban J connectivity index is 1.91. The Labute approximate surface area is 185 Å². The molecule has 0 saturated heterocycles. The molecule has 31 heavy (non-hydrogen) atoms. The lowest BCUT2D eigenvalue weighted by atomic mass is 10.0. The molecule has 0 spiro atoms. The summed E-state index contributed by atoms with van der Waals surface area (Å²) in [6, 6.07) is 15.0. The van der Waals surface area contributed by atoms with Gasteiger partial charge in [-0.25, -0.2) is 0 Å². The number of hydrogen-bond acceptors (Lipinski definition) is 4. The molecule has 0 heterocycles. The van der Waals surface area contributed by atoms with Gasteiger partial charge >= 0.3 is 0 Å². The molecule has 0 aliphatic carbocycles. The predicted octanol–water partition coefficient (Wildman–Crippen LogP) is 3.85. The number of amides is 2. The topological polar surface area (TPSA) is 81.7 Å². The number of para-hydroxylation sites is 1. The maximum Gasteiger partial charge on any atom is 0.253 e. The molecule has 2 amide bonds. The van der Waals surface area contributed by atoms with E-state index in [0.29, 0.717) is 37.2 Å². The zero-order valence-electron chi connectivity index (χ0n) is 18.9. The van der Waals surface area contributed by atoms with Gasteiger partial charge in [0.2, 0.25) is 0 Å². The first kappa shape index (κ1) is 24.4. The van der Waals surface area contributed by atoms with Gasteiger partial charge in [-0.2, -0.15) is 0 Å². The fourth-order valence-electron chi connectivity index (χ4n) is 3.43. The number of nitrogens with zero attached hydrogens (tertiary/aromatic N) is 1. The highest BCUT2D eigenvalue weighted by molar-refractivity contribution is 6.00. The number of aliphatic hydroxyl groups is 1. The maximum absolute atomic E-state index is 12.9. The highest BCUT2D eigenvalue weighted by atomic mass is 16.3. The van der Waals surface area contributed by atoms with E-state index in [0.717, 1.165) is 24.1 Å². The van der Waals surface area contributed by atoms with E-state index in [9.17, 15) is 14.7 Å². The molecule has 2 aromatic carbocycles. The Bertz CT molecular complexity index is 833. The normalized spacial score (nSPS) is 11.6. The van der Waals surface area contributed by atoms with Crippen LogP contribution < -0.4 is 10.6 Å². The number of aryl methyl sites for hydroxylation is 1. The highest BCUT2D eigenvalue weighted by Crippen LogP contribution is 2.14. The summed E-state index contributed by atoms with van der Waals surface area (Å²) < 4.78 is 0. The lowest BCUT2D eigenvalue weighted by Gasteiger charge is -2.22. The van der Waals surface area contributed by atoms with Gasteiger partial charge in [0.1, 0.15) is 0 Å². The fourth-order valence-corrected chi connectivity index (χ4v) is 3.43. The molecule has 0 saturated carbocycles. The molecule has 0 aliphatic heterocycles. The zero-order valence-corrected chi connectivity index (χ0v) is 18.9. The molecule has 3 N–H and O–H groups in total. The smallest absolute Gasteiger partial charge is 0.253 e. The van der Waals surface area contributed by atoms with Crippen LogP contribution in [0.5, 0.6) is 0 Å². The lowest BCUT2D eigenvalue weighted by molar-refractivity contribution is 0.0755. The van der Waals surface area contributed by atoms with Crippen molar-refractivity contribution < 1.29 is 14.7 Å². The molecule has 0 aliphatic rings. The standard InChI is InChI=1S/C25H35N3O3/c1-4-13-28(14-5-2)25(31)21-16-19(3)15-20(17-21)24(30)27-18-23(29)11-12-26-22-9-7-6-8-10-22/h6-10,15-17,23,26,29H,4-5,11-14,18H2,1-3H3,(H,27,30). The minimum absolute atomic E-state index is 0.0477. The van der Waals surface area contributed by atoms with Crippen LogP contribution in [0.4, 0.5) is 5.69 Å². The van der Waals surface area contributed by atoms with E-state index in [4.69, 9.17) is 0 Å². The molecule has 0 bridgehead atoms. The molecule has 2 aromatic rings. The number of carbonyl (C=O) groups is 2. The van der Waals surface area contributed by atoms with E-state index < -0.39 is 6.10 Å². The predicted molar refractivity (Wildman–Crippen MR) is 126 cm³/mol. The Morgan fingerprint density at radius 1 is 1.00 bits per heavy atom. The molecule has 168 valence electrons. The molecular formula is C25H35N3O3. The monoisotopic (exact) mass is 425 g/mol. The molecule has 0 radical (unpaired) electrons. The summed E-state index contributed by atoms with van der Waals surface area (Å²) in [6.07, 6.45) is 1.63. The van der Waals surface area contributed by atoms with E-state index in [1.54, 1.807) is 12.1 Å². The third-order valence-corrected chi connectivity index (χ3v) is 4.94. The van der Waals surface area contributed by atoms with E-state index in [1.165, 1.54) is 0 Å². The Morgan fingerprint density at radius 3 is 2.29 bits per heavy atom. The van der Waals surface area contributed by atoms with Crippen molar-refractivity contribution in [1.82, 2.24) is 10.2 Å². The Hall–Kier alpha value is -2.86. The number of rotatable bonds is 12. The van der Waals surface area contributed by atoms with Crippen LogP contribution in [0.25, 0.3) is 0 Å². The second kappa shape index (κ2) is 12.7. The van der Waals surface area contributed by atoms with Gasteiger partial charge in [0.05, 0.1) is 6.10 Å². The molecule has 2 rings (SSSR count). The van der Waals surface area contributed by atoms with Crippen molar-refractivity contribution in [2.24, 2.45) is 0 Å². The number of carbonyl (C=O) groups excluding carboxylic acids is 2. The minimum atomic E-state index is -0.657. The zero-order chi connectivity index (χ0) is 22.6. The minimum Gasteiger partial charge on any atom is -0.391 e. The van der Waals surface area contributed by atoms with Crippen molar-refractivity contribution >= 4 is 17.5 Å². The van der Waals surface area contributed by atoms with E-state index >= 15 is 0 Å². The molecule has 6 heteroatoms. The Morgan fingerprint density at radius 2 is 1.65 bits per heavy atom. The molecule has 0 aromatic heterocycles. The summed E-state index contributed by atoms with van der Waals surface area (Å²) in [5.74, 6) is -0.334. The summed E-state index contributed by atoms with van der Waals surface area (Å²) in [7, 11) is 0. The summed E-state index contributed by atoms with van der Waals surface area (Å²) in [6.45, 7) is 8.13. The second-order valence-corrected chi connectivity index (χ2v) is 7.83. The summed E-state index contributed by atoms with van der Waals surface area (Å²) in [5, 5.41) is 16.2. The van der Waals surface area contributed by atoms with Gasteiger partial charge in [0, 0.05) is 43.0 Å². The number of nitrogens with one attached hydrogen (secondary N) is 2.